The van der Waals surface area contributed by atoms with Gasteiger partial charge in [0.05, 0.1) is 22.8 Å². The summed E-state index contributed by atoms with van der Waals surface area (Å²) in [5.41, 5.74) is 0.561. The Balaban J connectivity index is 1.85. The predicted octanol–water partition coefficient (Wildman–Crippen LogP) is 3.92. The summed E-state index contributed by atoms with van der Waals surface area (Å²) < 4.78 is 39.2. The van der Waals surface area contributed by atoms with Gasteiger partial charge in [0.25, 0.3) is 5.91 Å². The van der Waals surface area contributed by atoms with E-state index in [4.69, 9.17) is 0 Å². The maximum absolute atomic E-state index is 13.1. The fraction of sp³-hybridized carbons (Fsp3) is 0.167. The van der Waals surface area contributed by atoms with Crippen molar-refractivity contribution in [1.82, 2.24) is 14.9 Å². The lowest BCUT2D eigenvalue weighted by Gasteiger charge is -2.20. The van der Waals surface area contributed by atoms with E-state index in [1.54, 1.807) is 24.3 Å². The molecule has 2 aromatic carbocycles. The second kappa shape index (κ2) is 6.51. The summed E-state index contributed by atoms with van der Waals surface area (Å²) >= 11 is 0. The molecule has 1 heterocycles. The molecule has 4 nitrogen and oxygen atoms in total. The smallest absolute Gasteiger partial charge is 0.336 e. The van der Waals surface area contributed by atoms with Crippen molar-refractivity contribution in [1.29, 1.82) is 0 Å². The maximum Gasteiger partial charge on any atom is 0.416 e. The number of para-hydroxylation sites is 2. The number of benzene rings is 2. The molecule has 1 amide bonds. The molecule has 0 aliphatic rings. The van der Waals surface area contributed by atoms with Gasteiger partial charge in [0, 0.05) is 13.6 Å². The molecule has 25 heavy (non-hydrogen) atoms. The molecular formula is C18H14F3N3O. The molecular weight excluding hydrogens is 331 g/mol. The summed E-state index contributed by atoms with van der Waals surface area (Å²) in [5.74, 6) is -0.491. The van der Waals surface area contributed by atoms with Crippen molar-refractivity contribution in [3.05, 3.63) is 71.5 Å². The van der Waals surface area contributed by atoms with Crippen LogP contribution in [-0.2, 0) is 12.7 Å². The molecule has 128 valence electrons. The lowest BCUT2D eigenvalue weighted by molar-refractivity contribution is -0.138. The monoisotopic (exact) mass is 345 g/mol. The highest BCUT2D eigenvalue weighted by Gasteiger charge is 2.33. The molecule has 0 aliphatic heterocycles. The van der Waals surface area contributed by atoms with Crippen LogP contribution in [0, 0.1) is 0 Å². The molecule has 0 unspecified atom stereocenters. The largest absolute Gasteiger partial charge is 0.416 e. The normalized spacial score (nSPS) is 11.5. The Morgan fingerprint density at radius 3 is 2.40 bits per heavy atom. The fourth-order valence-corrected chi connectivity index (χ4v) is 2.52. The first-order chi connectivity index (χ1) is 11.9. The molecule has 0 spiro atoms. The Morgan fingerprint density at radius 2 is 1.68 bits per heavy atom. The molecule has 3 rings (SSSR count). The van der Waals surface area contributed by atoms with Crippen LogP contribution >= 0.6 is 0 Å². The summed E-state index contributed by atoms with van der Waals surface area (Å²) in [6.45, 7) is -0.178. The van der Waals surface area contributed by atoms with E-state index in [0.29, 0.717) is 11.0 Å². The Bertz CT molecular complexity index is 925. The zero-order valence-corrected chi connectivity index (χ0v) is 13.3. The van der Waals surface area contributed by atoms with Crippen LogP contribution in [0.1, 0.15) is 21.6 Å². The lowest BCUT2D eigenvalue weighted by Crippen LogP contribution is -2.28. The van der Waals surface area contributed by atoms with Crippen molar-refractivity contribution in [3.8, 4) is 0 Å². The molecule has 0 atom stereocenters. The van der Waals surface area contributed by atoms with E-state index in [0.717, 1.165) is 6.07 Å². The number of halogens is 3. The molecule has 7 heteroatoms. The van der Waals surface area contributed by atoms with Gasteiger partial charge in [-0.3, -0.25) is 9.78 Å². The van der Waals surface area contributed by atoms with Gasteiger partial charge in [-0.1, -0.05) is 30.3 Å². The van der Waals surface area contributed by atoms with Crippen LogP contribution in [0.25, 0.3) is 11.0 Å². The van der Waals surface area contributed by atoms with Gasteiger partial charge in [0.15, 0.2) is 0 Å². The van der Waals surface area contributed by atoms with Crippen LogP contribution in [0.3, 0.4) is 0 Å². The molecule has 3 aromatic rings. The zero-order chi connectivity index (χ0) is 18.0. The van der Waals surface area contributed by atoms with Crippen LogP contribution in [0.4, 0.5) is 13.2 Å². The van der Waals surface area contributed by atoms with Crippen LogP contribution in [-0.4, -0.2) is 27.8 Å². The van der Waals surface area contributed by atoms with E-state index in [-0.39, 0.29) is 17.8 Å². The van der Waals surface area contributed by atoms with Crippen LogP contribution in [0.2, 0.25) is 0 Å². The number of fused-ring (bicyclic) bond motifs is 1. The summed E-state index contributed by atoms with van der Waals surface area (Å²) in [6, 6.07) is 12.3. The summed E-state index contributed by atoms with van der Waals surface area (Å²) in [7, 11) is 1.44. The minimum absolute atomic E-state index is 0.0274. The third-order valence-electron chi connectivity index (χ3n) is 3.74. The lowest BCUT2D eigenvalue weighted by atomic mass is 10.1. The van der Waals surface area contributed by atoms with E-state index >= 15 is 0 Å². The molecule has 0 radical (unpaired) electrons. The second-order valence-corrected chi connectivity index (χ2v) is 5.56. The minimum atomic E-state index is -4.47. The van der Waals surface area contributed by atoms with Crippen molar-refractivity contribution in [2.75, 3.05) is 7.05 Å². The average molecular weight is 345 g/mol. The number of carbonyl (C=O) groups excluding carboxylic acids is 1. The number of hydrogen-bond acceptors (Lipinski definition) is 3. The Labute approximate surface area is 141 Å². The number of amides is 1. The van der Waals surface area contributed by atoms with Gasteiger partial charge >= 0.3 is 6.18 Å². The fourth-order valence-electron chi connectivity index (χ4n) is 2.52. The summed E-state index contributed by atoms with van der Waals surface area (Å²) in [4.78, 5) is 22.1. The Morgan fingerprint density at radius 1 is 1.04 bits per heavy atom. The zero-order valence-electron chi connectivity index (χ0n) is 13.3. The molecule has 0 bridgehead atoms. The van der Waals surface area contributed by atoms with Crippen LogP contribution in [0.15, 0.2) is 54.7 Å². The first-order valence-electron chi connectivity index (χ1n) is 7.48. The Kier molecular flexibility index (Phi) is 4.39. The van der Waals surface area contributed by atoms with Gasteiger partial charge in [-0.25, -0.2) is 4.98 Å². The van der Waals surface area contributed by atoms with E-state index in [9.17, 15) is 18.0 Å². The van der Waals surface area contributed by atoms with Gasteiger partial charge in [-0.2, -0.15) is 13.2 Å². The third kappa shape index (κ3) is 3.60. The minimum Gasteiger partial charge on any atom is -0.336 e. The van der Waals surface area contributed by atoms with Crippen molar-refractivity contribution in [2.24, 2.45) is 0 Å². The maximum atomic E-state index is 13.1. The quantitative estimate of drug-likeness (QED) is 0.723. The van der Waals surface area contributed by atoms with E-state index in [1.165, 1.54) is 36.3 Å². The van der Waals surface area contributed by atoms with Crippen molar-refractivity contribution in [2.45, 2.75) is 12.7 Å². The third-order valence-corrected chi connectivity index (χ3v) is 3.74. The van der Waals surface area contributed by atoms with Crippen molar-refractivity contribution >= 4 is 16.9 Å². The first kappa shape index (κ1) is 16.9. The van der Waals surface area contributed by atoms with E-state index < -0.39 is 17.6 Å². The molecule has 0 saturated heterocycles. The van der Waals surface area contributed by atoms with Gasteiger partial charge in [0.1, 0.15) is 5.69 Å². The highest BCUT2D eigenvalue weighted by molar-refractivity contribution is 5.93. The first-order valence-corrected chi connectivity index (χ1v) is 7.48. The van der Waals surface area contributed by atoms with Crippen LogP contribution in [0.5, 0.6) is 0 Å². The van der Waals surface area contributed by atoms with Crippen molar-refractivity contribution < 1.29 is 18.0 Å². The van der Waals surface area contributed by atoms with Crippen molar-refractivity contribution in [3.63, 3.8) is 0 Å². The SMILES string of the molecule is CN(Cc1ccccc1C(F)(F)F)C(=O)c1cnc2ccccc2n1. The number of rotatable bonds is 3. The number of nitrogens with zero attached hydrogens (tertiary/aromatic N) is 3. The highest BCUT2D eigenvalue weighted by Crippen LogP contribution is 2.32. The molecule has 0 saturated carbocycles. The Hall–Kier alpha value is -2.96. The molecule has 0 aliphatic carbocycles. The number of hydrogen-bond donors (Lipinski definition) is 0. The summed E-state index contributed by atoms with van der Waals surface area (Å²) in [6.07, 6.45) is -3.14. The van der Waals surface area contributed by atoms with Gasteiger partial charge in [0.2, 0.25) is 0 Å². The number of aromatic nitrogens is 2. The summed E-state index contributed by atoms with van der Waals surface area (Å²) in [5, 5.41) is 0. The van der Waals surface area contributed by atoms with Gasteiger partial charge < -0.3 is 4.90 Å². The van der Waals surface area contributed by atoms with Crippen LogP contribution < -0.4 is 0 Å². The predicted molar refractivity (Wildman–Crippen MR) is 86.8 cm³/mol. The van der Waals surface area contributed by atoms with Gasteiger partial charge in [-0.15, -0.1) is 0 Å². The van der Waals surface area contributed by atoms with E-state index in [2.05, 4.69) is 9.97 Å². The highest BCUT2D eigenvalue weighted by atomic mass is 19.4. The molecule has 0 fully saturated rings. The van der Waals surface area contributed by atoms with E-state index in [1.807, 2.05) is 0 Å². The molecule has 1 aromatic heterocycles. The molecule has 0 N–H and O–H groups in total. The number of alkyl halides is 3. The standard InChI is InChI=1S/C18H14F3N3O/c1-24(11-12-6-2-3-7-13(12)18(19,20)21)17(25)16-10-22-14-8-4-5-9-15(14)23-16/h2-10H,11H2,1H3. The average Bonchev–Trinajstić information content (AvgIpc) is 2.60. The topological polar surface area (TPSA) is 46.1 Å². The van der Waals surface area contributed by atoms with Gasteiger partial charge in [-0.05, 0) is 23.8 Å². The second-order valence-electron chi connectivity index (χ2n) is 5.56. The number of carbonyl (C=O) groups is 1.